The van der Waals surface area contributed by atoms with Crippen molar-refractivity contribution >= 4 is 28.2 Å². The van der Waals surface area contributed by atoms with Crippen LogP contribution in [0.3, 0.4) is 0 Å². The van der Waals surface area contributed by atoms with Gasteiger partial charge in [-0.15, -0.1) is 12.4 Å². The number of hydrogen-bond donors (Lipinski definition) is 1. The van der Waals surface area contributed by atoms with E-state index in [4.69, 9.17) is 0 Å². The topological polar surface area (TPSA) is 66.5 Å². The van der Waals surface area contributed by atoms with Crippen molar-refractivity contribution in [2.45, 2.75) is 24.9 Å². The van der Waals surface area contributed by atoms with E-state index in [1.54, 1.807) is 4.90 Å². The van der Waals surface area contributed by atoms with Crippen LogP contribution in [0.4, 0.5) is 0 Å². The third-order valence-corrected chi connectivity index (χ3v) is 5.91. The number of sulfone groups is 1. The predicted octanol–water partition coefficient (Wildman–Crippen LogP) is 1.16. The minimum Gasteiger partial charge on any atom is -0.339 e. The number of nitrogens with one attached hydrogen (secondary N) is 1. The summed E-state index contributed by atoms with van der Waals surface area (Å²) < 4.78 is 22.8. The molecule has 2 aliphatic rings. The van der Waals surface area contributed by atoms with Gasteiger partial charge < -0.3 is 4.90 Å². The van der Waals surface area contributed by atoms with Gasteiger partial charge in [0.1, 0.15) is 0 Å². The third-order valence-electron chi connectivity index (χ3n) is 4.30. The van der Waals surface area contributed by atoms with E-state index in [2.05, 4.69) is 17.4 Å². The summed E-state index contributed by atoms with van der Waals surface area (Å²) in [6.45, 7) is 0.657. The molecule has 0 aliphatic carbocycles. The van der Waals surface area contributed by atoms with Crippen molar-refractivity contribution in [3.8, 4) is 0 Å². The molecule has 2 atom stereocenters. The van der Waals surface area contributed by atoms with Crippen LogP contribution in [0.2, 0.25) is 0 Å². The van der Waals surface area contributed by atoms with Gasteiger partial charge in [0, 0.05) is 19.1 Å². The Labute approximate surface area is 137 Å². The highest BCUT2D eigenvalue weighted by Crippen LogP contribution is 2.27. The number of halogens is 1. The van der Waals surface area contributed by atoms with E-state index in [1.165, 1.54) is 5.56 Å². The molecular formula is C15H21ClN2O3S. The molecule has 1 aromatic carbocycles. The monoisotopic (exact) mass is 344 g/mol. The first-order valence-corrected chi connectivity index (χ1v) is 9.17. The largest absolute Gasteiger partial charge is 0.339 e. The Morgan fingerprint density at radius 1 is 1.09 bits per heavy atom. The van der Waals surface area contributed by atoms with Crippen LogP contribution in [0.5, 0.6) is 0 Å². The molecule has 0 radical (unpaired) electrons. The molecule has 3 rings (SSSR count). The van der Waals surface area contributed by atoms with Crippen LogP contribution in [-0.2, 0) is 14.6 Å². The highest BCUT2D eigenvalue weighted by atomic mass is 35.5. The summed E-state index contributed by atoms with van der Waals surface area (Å²) in [6.07, 6.45) is 1.74. The zero-order chi connectivity index (χ0) is 14.9. The predicted molar refractivity (Wildman–Crippen MR) is 87.8 cm³/mol. The molecule has 0 bridgehead atoms. The number of carbonyl (C=O) groups is 1. The maximum Gasteiger partial charge on any atom is 0.239 e. The van der Waals surface area contributed by atoms with E-state index in [9.17, 15) is 13.2 Å². The normalized spacial score (nSPS) is 27.2. The van der Waals surface area contributed by atoms with Gasteiger partial charge in [-0.3, -0.25) is 10.1 Å². The molecule has 22 heavy (non-hydrogen) atoms. The molecule has 1 N–H and O–H groups in total. The Morgan fingerprint density at radius 3 is 2.36 bits per heavy atom. The van der Waals surface area contributed by atoms with Gasteiger partial charge >= 0.3 is 0 Å². The van der Waals surface area contributed by atoms with Crippen LogP contribution in [0.1, 0.15) is 24.4 Å². The van der Waals surface area contributed by atoms with E-state index in [0.717, 1.165) is 12.8 Å². The molecule has 0 spiro atoms. The van der Waals surface area contributed by atoms with E-state index < -0.39 is 9.84 Å². The number of rotatable bonds is 2. The van der Waals surface area contributed by atoms with Crippen molar-refractivity contribution in [1.82, 2.24) is 10.2 Å². The van der Waals surface area contributed by atoms with Crippen LogP contribution in [0.25, 0.3) is 0 Å². The van der Waals surface area contributed by atoms with Gasteiger partial charge in [0.15, 0.2) is 9.84 Å². The zero-order valence-corrected chi connectivity index (χ0v) is 13.9. The van der Waals surface area contributed by atoms with E-state index in [-0.39, 0.29) is 41.9 Å². The Kier molecular flexibility index (Phi) is 5.47. The highest BCUT2D eigenvalue weighted by molar-refractivity contribution is 7.91. The average Bonchev–Trinajstić information content (AvgIpc) is 2.97. The average molecular weight is 345 g/mol. The van der Waals surface area contributed by atoms with E-state index in [0.29, 0.717) is 13.1 Å². The van der Waals surface area contributed by atoms with Crippen LogP contribution in [-0.4, -0.2) is 49.9 Å². The zero-order valence-electron chi connectivity index (χ0n) is 12.3. The van der Waals surface area contributed by atoms with Gasteiger partial charge in [-0.1, -0.05) is 30.3 Å². The van der Waals surface area contributed by atoms with Crippen molar-refractivity contribution < 1.29 is 13.2 Å². The lowest BCUT2D eigenvalue weighted by molar-refractivity contribution is -0.132. The maximum atomic E-state index is 12.5. The van der Waals surface area contributed by atoms with Gasteiger partial charge in [0.2, 0.25) is 5.91 Å². The van der Waals surface area contributed by atoms with Crippen LogP contribution in [0.15, 0.2) is 30.3 Å². The molecule has 122 valence electrons. The summed E-state index contributed by atoms with van der Waals surface area (Å²) in [4.78, 5) is 14.1. The van der Waals surface area contributed by atoms with E-state index >= 15 is 0 Å². The maximum absolute atomic E-state index is 12.5. The molecule has 0 aromatic heterocycles. The van der Waals surface area contributed by atoms with E-state index in [1.807, 2.05) is 18.2 Å². The first kappa shape index (κ1) is 17.2. The SMILES string of the molecule is Cl.O=C([C@H]1CC[C@H](c2ccccc2)N1)N1CCS(=O)(=O)CC1. The summed E-state index contributed by atoms with van der Waals surface area (Å²) in [6, 6.07) is 10.2. The van der Waals surface area contributed by atoms with Gasteiger partial charge in [-0.25, -0.2) is 8.42 Å². The van der Waals surface area contributed by atoms with Crippen molar-refractivity contribution in [2.24, 2.45) is 0 Å². The molecule has 2 aliphatic heterocycles. The Hall–Kier alpha value is -1.11. The van der Waals surface area contributed by atoms with Crippen LogP contribution < -0.4 is 5.32 Å². The number of hydrogen-bond acceptors (Lipinski definition) is 4. The standard InChI is InChI=1S/C15H20N2O3S.ClH/c18-15(17-8-10-21(19,20)11-9-17)14-7-6-13(16-14)12-4-2-1-3-5-12;/h1-5,13-14,16H,6-11H2;1H/t13-,14-;/m1./s1. The summed E-state index contributed by atoms with van der Waals surface area (Å²) in [7, 11) is -2.94. The molecule has 5 nitrogen and oxygen atoms in total. The minimum atomic E-state index is -2.94. The Bertz CT molecular complexity index is 607. The molecule has 0 unspecified atom stereocenters. The second-order valence-corrected chi connectivity index (χ2v) is 8.04. The van der Waals surface area contributed by atoms with Crippen molar-refractivity contribution in [3.63, 3.8) is 0 Å². The third kappa shape index (κ3) is 3.80. The first-order valence-electron chi connectivity index (χ1n) is 7.35. The fourth-order valence-corrected chi connectivity index (χ4v) is 4.24. The van der Waals surface area contributed by atoms with Crippen molar-refractivity contribution in [1.29, 1.82) is 0 Å². The second kappa shape index (κ2) is 6.98. The fraction of sp³-hybridized carbons (Fsp3) is 0.533. The lowest BCUT2D eigenvalue weighted by atomic mass is 10.1. The lowest BCUT2D eigenvalue weighted by Crippen LogP contribution is -2.50. The molecule has 2 saturated heterocycles. The number of amides is 1. The minimum absolute atomic E-state index is 0. The fourth-order valence-electron chi connectivity index (χ4n) is 3.04. The summed E-state index contributed by atoms with van der Waals surface area (Å²) in [5.74, 6) is 0.226. The van der Waals surface area contributed by atoms with Gasteiger partial charge in [-0.05, 0) is 18.4 Å². The second-order valence-electron chi connectivity index (χ2n) is 5.74. The first-order chi connectivity index (χ1) is 10.1. The van der Waals surface area contributed by atoms with Crippen molar-refractivity contribution in [2.75, 3.05) is 24.6 Å². The molecular weight excluding hydrogens is 324 g/mol. The molecule has 2 fully saturated rings. The summed E-state index contributed by atoms with van der Waals surface area (Å²) in [5, 5.41) is 3.38. The molecule has 1 amide bonds. The van der Waals surface area contributed by atoms with Crippen LogP contribution >= 0.6 is 12.4 Å². The quantitative estimate of drug-likeness (QED) is 0.874. The molecule has 0 saturated carbocycles. The Balaban J connectivity index is 0.00000176. The summed E-state index contributed by atoms with van der Waals surface area (Å²) in [5.41, 5.74) is 1.20. The molecule has 1 aromatic rings. The van der Waals surface area contributed by atoms with Gasteiger partial charge in [0.25, 0.3) is 0 Å². The Morgan fingerprint density at radius 2 is 1.73 bits per heavy atom. The van der Waals surface area contributed by atoms with Crippen LogP contribution in [0, 0.1) is 0 Å². The molecule has 2 heterocycles. The number of carbonyl (C=O) groups excluding carboxylic acids is 1. The van der Waals surface area contributed by atoms with Crippen molar-refractivity contribution in [3.05, 3.63) is 35.9 Å². The lowest BCUT2D eigenvalue weighted by Gasteiger charge is -2.29. The summed E-state index contributed by atoms with van der Waals surface area (Å²) >= 11 is 0. The highest BCUT2D eigenvalue weighted by Gasteiger charge is 2.34. The van der Waals surface area contributed by atoms with Gasteiger partial charge in [-0.2, -0.15) is 0 Å². The number of nitrogens with zero attached hydrogens (tertiary/aromatic N) is 1. The smallest absolute Gasteiger partial charge is 0.239 e. The molecule has 7 heteroatoms. The number of benzene rings is 1. The van der Waals surface area contributed by atoms with Gasteiger partial charge in [0.05, 0.1) is 17.5 Å².